The molecule has 1 heterocycles. The van der Waals surface area contributed by atoms with Crippen molar-refractivity contribution < 1.29 is 8.42 Å². The van der Waals surface area contributed by atoms with E-state index in [9.17, 15) is 8.42 Å². The summed E-state index contributed by atoms with van der Waals surface area (Å²) >= 11 is 1.49. The molecule has 1 aliphatic carbocycles. The first-order valence-corrected chi connectivity index (χ1v) is 6.63. The van der Waals surface area contributed by atoms with Crippen LogP contribution in [0.15, 0.2) is 22.0 Å². The average Bonchev–Trinajstić information content (AvgIpc) is 2.41. The molecule has 1 unspecified atom stereocenters. The number of nitrogens with two attached hydrogens (primary N) is 1. The van der Waals surface area contributed by atoms with Gasteiger partial charge in [0.15, 0.2) is 0 Å². The quantitative estimate of drug-likeness (QED) is 0.674. The Morgan fingerprint density at radius 2 is 2.36 bits per heavy atom. The Hall–Kier alpha value is -0.300. The molecule has 0 spiro atoms. The van der Waals surface area contributed by atoms with E-state index < -0.39 is 10.0 Å². The number of allylic oxidation sites excluding steroid dienone is 2. The van der Waals surface area contributed by atoms with Gasteiger partial charge >= 0.3 is 0 Å². The van der Waals surface area contributed by atoms with Crippen molar-refractivity contribution in [1.29, 1.82) is 0 Å². The van der Waals surface area contributed by atoms with Crippen LogP contribution in [0.25, 0.3) is 0 Å². The second kappa shape index (κ2) is 3.37. The molecule has 2 aliphatic rings. The van der Waals surface area contributed by atoms with Crippen molar-refractivity contribution in [1.82, 2.24) is 4.31 Å². The van der Waals surface area contributed by atoms with Crippen molar-refractivity contribution in [2.45, 2.75) is 6.42 Å². The Labute approximate surface area is 88.0 Å². The zero-order chi connectivity index (χ0) is 10.3. The fourth-order valence-corrected chi connectivity index (χ4v) is 4.02. The Morgan fingerprint density at radius 3 is 3.00 bits per heavy atom. The minimum Gasteiger partial charge on any atom is -0.249 e. The van der Waals surface area contributed by atoms with E-state index in [1.807, 2.05) is 17.4 Å². The smallest absolute Gasteiger partial charge is 0.238 e. The van der Waals surface area contributed by atoms with Crippen molar-refractivity contribution in [3.8, 4) is 0 Å². The summed E-state index contributed by atoms with van der Waals surface area (Å²) in [6.07, 6.45) is 4.41. The van der Waals surface area contributed by atoms with Crippen molar-refractivity contribution in [3.05, 3.63) is 22.0 Å². The summed E-state index contributed by atoms with van der Waals surface area (Å²) < 4.78 is 24.6. The van der Waals surface area contributed by atoms with E-state index in [0.29, 0.717) is 10.8 Å². The second-order valence-electron chi connectivity index (χ2n) is 3.51. The van der Waals surface area contributed by atoms with Crippen LogP contribution in [0.3, 0.4) is 0 Å². The third kappa shape index (κ3) is 1.75. The summed E-state index contributed by atoms with van der Waals surface area (Å²) in [5.74, 6) is 0.309. The van der Waals surface area contributed by atoms with Gasteiger partial charge in [-0.05, 0) is 31.5 Å². The van der Waals surface area contributed by atoms with Gasteiger partial charge in [0.05, 0.1) is 4.91 Å². The largest absolute Gasteiger partial charge is 0.249 e. The summed E-state index contributed by atoms with van der Waals surface area (Å²) in [6, 6.07) is 0. The Bertz CT molecular complexity index is 411. The van der Waals surface area contributed by atoms with Crippen molar-refractivity contribution >= 4 is 22.0 Å². The second-order valence-corrected chi connectivity index (χ2v) is 6.29. The van der Waals surface area contributed by atoms with Gasteiger partial charge in [-0.1, -0.05) is 6.08 Å². The SMILES string of the molecule is CN1CC2CC=CC(S(N)(=O)=O)=C2S1. The van der Waals surface area contributed by atoms with Gasteiger partial charge in [-0.25, -0.2) is 17.9 Å². The molecule has 0 aromatic rings. The van der Waals surface area contributed by atoms with Crippen LogP contribution in [-0.2, 0) is 10.0 Å². The molecular formula is C8H12N2O2S2. The van der Waals surface area contributed by atoms with Gasteiger partial charge in [-0.15, -0.1) is 0 Å². The molecular weight excluding hydrogens is 220 g/mol. The number of hydrogen-bond donors (Lipinski definition) is 1. The van der Waals surface area contributed by atoms with Gasteiger partial charge < -0.3 is 0 Å². The van der Waals surface area contributed by atoms with Gasteiger partial charge in [0.2, 0.25) is 10.0 Å². The maximum Gasteiger partial charge on any atom is 0.238 e. The molecule has 1 saturated heterocycles. The molecule has 1 aliphatic heterocycles. The number of rotatable bonds is 1. The summed E-state index contributed by atoms with van der Waals surface area (Å²) in [5, 5.41) is 5.14. The predicted molar refractivity (Wildman–Crippen MR) is 57.6 cm³/mol. The van der Waals surface area contributed by atoms with E-state index in [4.69, 9.17) is 5.14 Å². The molecule has 4 nitrogen and oxygen atoms in total. The van der Waals surface area contributed by atoms with E-state index in [1.54, 1.807) is 6.08 Å². The van der Waals surface area contributed by atoms with E-state index in [0.717, 1.165) is 17.9 Å². The summed E-state index contributed by atoms with van der Waals surface area (Å²) in [5.41, 5.74) is 0. The monoisotopic (exact) mass is 232 g/mol. The molecule has 78 valence electrons. The molecule has 2 rings (SSSR count). The van der Waals surface area contributed by atoms with Crippen molar-refractivity contribution in [2.24, 2.45) is 11.1 Å². The first kappa shape index (κ1) is 10.2. The van der Waals surface area contributed by atoms with E-state index in [2.05, 4.69) is 0 Å². The van der Waals surface area contributed by atoms with E-state index in [1.165, 1.54) is 11.9 Å². The fraction of sp³-hybridized carbons (Fsp3) is 0.500. The summed E-state index contributed by atoms with van der Waals surface area (Å²) in [4.78, 5) is 1.20. The van der Waals surface area contributed by atoms with Crippen LogP contribution in [0.5, 0.6) is 0 Å². The number of nitrogens with zero attached hydrogens (tertiary/aromatic N) is 1. The number of primary sulfonamides is 1. The fourth-order valence-electron chi connectivity index (χ4n) is 1.76. The highest BCUT2D eigenvalue weighted by Crippen LogP contribution is 2.43. The number of sulfonamides is 1. The lowest BCUT2D eigenvalue weighted by molar-refractivity contribution is 0.499. The van der Waals surface area contributed by atoms with E-state index in [-0.39, 0.29) is 0 Å². The Balaban J connectivity index is 2.47. The molecule has 6 heteroatoms. The summed E-state index contributed by atoms with van der Waals surface area (Å²) in [7, 11) is -1.60. The van der Waals surface area contributed by atoms with Gasteiger partial charge in [0.25, 0.3) is 0 Å². The lowest BCUT2D eigenvalue weighted by Gasteiger charge is -2.14. The Kier molecular flexibility index (Phi) is 2.46. The normalized spacial score (nSPS) is 28.3. The Morgan fingerprint density at radius 1 is 1.64 bits per heavy atom. The van der Waals surface area contributed by atoms with Crippen LogP contribution in [-0.4, -0.2) is 26.3 Å². The molecule has 2 N–H and O–H groups in total. The third-order valence-corrected chi connectivity index (χ3v) is 4.65. The number of hydrogen-bond acceptors (Lipinski definition) is 4. The lowest BCUT2D eigenvalue weighted by Crippen LogP contribution is -2.18. The summed E-state index contributed by atoms with van der Waals surface area (Å²) in [6.45, 7) is 0.892. The van der Waals surface area contributed by atoms with E-state index >= 15 is 0 Å². The average molecular weight is 232 g/mol. The minimum absolute atomic E-state index is 0.295. The standard InChI is InChI=1S/C8H12N2O2S2/c1-10-5-6-3-2-4-7(8(6)13-10)14(9,11)12/h2,4,6H,3,5H2,1H3,(H2,9,11,12). The topological polar surface area (TPSA) is 63.4 Å². The van der Waals surface area contributed by atoms with Crippen molar-refractivity contribution in [2.75, 3.05) is 13.6 Å². The highest BCUT2D eigenvalue weighted by Gasteiger charge is 2.32. The maximum absolute atomic E-state index is 11.3. The molecule has 0 aromatic carbocycles. The molecule has 14 heavy (non-hydrogen) atoms. The predicted octanol–water partition coefficient (Wildman–Crippen LogP) is 0.656. The highest BCUT2D eigenvalue weighted by atomic mass is 32.2. The molecule has 1 atom stereocenters. The van der Waals surface area contributed by atoms with Gasteiger partial charge in [0.1, 0.15) is 0 Å². The lowest BCUT2D eigenvalue weighted by atomic mass is 10.0. The van der Waals surface area contributed by atoms with Crippen molar-refractivity contribution in [3.63, 3.8) is 0 Å². The minimum atomic E-state index is -3.56. The molecule has 1 fully saturated rings. The van der Waals surface area contributed by atoms with Crippen LogP contribution in [0.1, 0.15) is 6.42 Å². The maximum atomic E-state index is 11.3. The van der Waals surface area contributed by atoms with Crippen LogP contribution in [0.2, 0.25) is 0 Å². The molecule has 0 saturated carbocycles. The first-order valence-electron chi connectivity index (χ1n) is 4.31. The van der Waals surface area contributed by atoms with Crippen LogP contribution < -0.4 is 5.14 Å². The zero-order valence-corrected chi connectivity index (χ0v) is 9.44. The third-order valence-electron chi connectivity index (χ3n) is 2.34. The highest BCUT2D eigenvalue weighted by molar-refractivity contribution is 8.02. The number of fused-ring (bicyclic) bond motifs is 1. The molecule has 0 radical (unpaired) electrons. The van der Waals surface area contributed by atoms with Crippen LogP contribution in [0.4, 0.5) is 0 Å². The zero-order valence-electron chi connectivity index (χ0n) is 7.80. The van der Waals surface area contributed by atoms with Gasteiger partial charge in [0, 0.05) is 17.4 Å². The van der Waals surface area contributed by atoms with Gasteiger partial charge in [-0.2, -0.15) is 0 Å². The molecule has 0 aromatic heterocycles. The molecule has 0 amide bonds. The molecule has 0 bridgehead atoms. The first-order chi connectivity index (χ1) is 6.48. The van der Waals surface area contributed by atoms with Gasteiger partial charge in [-0.3, -0.25) is 0 Å². The van der Waals surface area contributed by atoms with Crippen LogP contribution >= 0.6 is 11.9 Å². The van der Waals surface area contributed by atoms with Crippen LogP contribution in [0, 0.1) is 5.92 Å².